The first-order valence-electron chi connectivity index (χ1n) is 9.26. The summed E-state index contributed by atoms with van der Waals surface area (Å²) in [6, 6.07) is 5.64. The van der Waals surface area contributed by atoms with Gasteiger partial charge in [-0.2, -0.15) is 15.4 Å². The average molecular weight is 356 g/mol. The molecule has 0 aliphatic carbocycles. The first-order valence-corrected chi connectivity index (χ1v) is 9.26. The van der Waals surface area contributed by atoms with E-state index < -0.39 is 0 Å². The van der Waals surface area contributed by atoms with E-state index in [0.717, 1.165) is 31.3 Å². The van der Waals surface area contributed by atoms with Crippen molar-refractivity contribution < 1.29 is 9.59 Å². The highest BCUT2D eigenvalue weighted by atomic mass is 16.2. The zero-order valence-electron chi connectivity index (χ0n) is 14.7. The fourth-order valence-corrected chi connectivity index (χ4v) is 4.24. The number of amides is 2. The summed E-state index contributed by atoms with van der Waals surface area (Å²) in [5.74, 6) is 0.605. The summed E-state index contributed by atoms with van der Waals surface area (Å²) >= 11 is 0. The van der Waals surface area contributed by atoms with Gasteiger partial charge in [0.2, 0.25) is 5.91 Å². The monoisotopic (exact) mass is 356 g/mol. The maximum absolute atomic E-state index is 12.9. The topological polar surface area (TPSA) is 108 Å². The molecule has 0 unspecified atom stereocenters. The van der Waals surface area contributed by atoms with Gasteiger partial charge in [0.05, 0.1) is 0 Å². The van der Waals surface area contributed by atoms with Crippen molar-refractivity contribution >= 4 is 22.8 Å². The number of nitrogens with zero attached hydrogens (tertiary/aromatic N) is 4. The number of benzene rings is 1. The summed E-state index contributed by atoms with van der Waals surface area (Å²) in [5, 5.41) is 10.7. The molecule has 0 spiro atoms. The van der Waals surface area contributed by atoms with Gasteiger partial charge in [-0.05, 0) is 49.9 Å². The first-order chi connectivity index (χ1) is 12.7. The first kappa shape index (κ1) is 17.0. The number of carbonyl (C=O) groups is 2. The van der Waals surface area contributed by atoms with Gasteiger partial charge in [0.15, 0.2) is 0 Å². The number of fused-ring (bicyclic) bond motifs is 2. The van der Waals surface area contributed by atoms with E-state index >= 15 is 0 Å². The lowest BCUT2D eigenvalue weighted by atomic mass is 9.83. The minimum absolute atomic E-state index is 0.0266. The predicted octanol–water partition coefficient (Wildman–Crippen LogP) is 0.760. The molecule has 2 aliphatic heterocycles. The highest BCUT2D eigenvalue weighted by Gasteiger charge is 2.40. The van der Waals surface area contributed by atoms with E-state index in [-0.39, 0.29) is 17.9 Å². The van der Waals surface area contributed by atoms with Crippen LogP contribution in [0.15, 0.2) is 18.2 Å². The van der Waals surface area contributed by atoms with Crippen LogP contribution in [0.5, 0.6) is 0 Å². The molecule has 2 saturated heterocycles. The Kier molecular flexibility index (Phi) is 4.58. The zero-order chi connectivity index (χ0) is 18.1. The number of nitrogens with two attached hydrogens (primary N) is 1. The molecule has 4 rings (SSSR count). The Morgan fingerprint density at radius 2 is 2.12 bits per heavy atom. The van der Waals surface area contributed by atoms with Crippen LogP contribution in [-0.4, -0.2) is 69.2 Å². The largest absolute Gasteiger partial charge is 0.339 e. The molecule has 26 heavy (non-hydrogen) atoms. The van der Waals surface area contributed by atoms with Crippen LogP contribution in [-0.2, 0) is 4.79 Å². The Balaban J connectivity index is 1.47. The van der Waals surface area contributed by atoms with E-state index in [2.05, 4.69) is 15.4 Å². The van der Waals surface area contributed by atoms with E-state index in [1.165, 1.54) is 0 Å². The van der Waals surface area contributed by atoms with Crippen molar-refractivity contribution in [2.24, 2.45) is 11.7 Å². The molecule has 1 aromatic heterocycles. The van der Waals surface area contributed by atoms with Crippen LogP contribution in [0.2, 0.25) is 0 Å². The predicted molar refractivity (Wildman–Crippen MR) is 96.3 cm³/mol. The van der Waals surface area contributed by atoms with Crippen molar-refractivity contribution in [2.75, 3.05) is 26.2 Å². The molecule has 0 saturated carbocycles. The molecular formula is C18H24N6O2. The van der Waals surface area contributed by atoms with Crippen LogP contribution < -0.4 is 5.73 Å². The van der Waals surface area contributed by atoms with Gasteiger partial charge in [-0.1, -0.05) is 0 Å². The number of nitrogens with one attached hydrogen (secondary N) is 1. The van der Waals surface area contributed by atoms with E-state index in [4.69, 9.17) is 5.73 Å². The lowest BCUT2D eigenvalue weighted by molar-refractivity contribution is -0.140. The fraction of sp³-hybridized carbons (Fsp3) is 0.556. The van der Waals surface area contributed by atoms with Crippen molar-refractivity contribution in [1.29, 1.82) is 0 Å². The standard InChI is InChI=1S/C18H24N6O2/c19-7-1-8-24-16-6-9-23(11-13(16)3-5-17(24)25)18(26)12-2-4-14-15(10-12)21-22-20-14/h2,4,10,13,16H,1,3,5-9,11,19H2,(H,20,21,22)/t13-,16+/m0/s1. The van der Waals surface area contributed by atoms with Crippen LogP contribution in [0.25, 0.3) is 11.0 Å². The van der Waals surface area contributed by atoms with E-state index in [0.29, 0.717) is 43.1 Å². The summed E-state index contributed by atoms with van der Waals surface area (Å²) in [7, 11) is 0. The normalized spacial score (nSPS) is 23.3. The Bertz CT molecular complexity index is 819. The lowest BCUT2D eigenvalue weighted by Gasteiger charge is -2.47. The van der Waals surface area contributed by atoms with Gasteiger partial charge in [0.1, 0.15) is 11.0 Å². The van der Waals surface area contributed by atoms with Crippen LogP contribution in [0.3, 0.4) is 0 Å². The molecule has 2 amide bonds. The van der Waals surface area contributed by atoms with Crippen molar-refractivity contribution in [3.05, 3.63) is 23.8 Å². The third-order valence-corrected chi connectivity index (χ3v) is 5.60. The van der Waals surface area contributed by atoms with Crippen LogP contribution in [0.4, 0.5) is 0 Å². The Hall–Kier alpha value is -2.48. The summed E-state index contributed by atoms with van der Waals surface area (Å²) < 4.78 is 0. The van der Waals surface area contributed by atoms with Gasteiger partial charge in [-0.3, -0.25) is 9.59 Å². The number of piperidine rings is 2. The molecule has 2 fully saturated rings. The second-order valence-corrected chi connectivity index (χ2v) is 7.16. The quantitative estimate of drug-likeness (QED) is 0.841. The van der Waals surface area contributed by atoms with Crippen LogP contribution in [0.1, 0.15) is 36.0 Å². The summed E-state index contributed by atoms with van der Waals surface area (Å²) in [6.07, 6.45) is 3.08. The zero-order valence-corrected chi connectivity index (χ0v) is 14.7. The maximum Gasteiger partial charge on any atom is 0.253 e. The van der Waals surface area contributed by atoms with E-state index in [1.54, 1.807) is 12.1 Å². The van der Waals surface area contributed by atoms with Gasteiger partial charge in [0, 0.05) is 37.7 Å². The van der Waals surface area contributed by atoms with Crippen LogP contribution in [0, 0.1) is 5.92 Å². The van der Waals surface area contributed by atoms with Crippen molar-refractivity contribution in [3.63, 3.8) is 0 Å². The number of likely N-dealkylation sites (tertiary alicyclic amines) is 2. The third-order valence-electron chi connectivity index (χ3n) is 5.60. The van der Waals surface area contributed by atoms with Gasteiger partial charge in [-0.25, -0.2) is 0 Å². The number of aromatic amines is 1. The van der Waals surface area contributed by atoms with Gasteiger partial charge >= 0.3 is 0 Å². The Morgan fingerprint density at radius 1 is 1.27 bits per heavy atom. The minimum atomic E-state index is 0.0266. The van der Waals surface area contributed by atoms with Crippen molar-refractivity contribution in [2.45, 2.75) is 31.7 Å². The molecular weight excluding hydrogens is 332 g/mol. The SMILES string of the molecule is NCCCN1C(=O)CC[C@H]2CN(C(=O)c3ccc4n[nH]nc4c3)CC[C@H]21. The molecule has 0 bridgehead atoms. The Labute approximate surface area is 151 Å². The number of carbonyl (C=O) groups excluding carboxylic acids is 2. The molecule has 0 radical (unpaired) electrons. The molecule has 3 N–H and O–H groups in total. The molecule has 8 nitrogen and oxygen atoms in total. The molecule has 1 aromatic carbocycles. The average Bonchev–Trinajstić information content (AvgIpc) is 3.14. The summed E-state index contributed by atoms with van der Waals surface area (Å²) in [6.45, 7) is 2.69. The Morgan fingerprint density at radius 3 is 2.96 bits per heavy atom. The van der Waals surface area contributed by atoms with Gasteiger partial charge in [0.25, 0.3) is 5.91 Å². The smallest absolute Gasteiger partial charge is 0.253 e. The molecule has 2 atom stereocenters. The summed E-state index contributed by atoms with van der Waals surface area (Å²) in [5.41, 5.74) is 7.70. The number of aromatic nitrogens is 3. The van der Waals surface area contributed by atoms with Crippen molar-refractivity contribution in [1.82, 2.24) is 25.2 Å². The maximum atomic E-state index is 12.9. The molecule has 2 aromatic rings. The summed E-state index contributed by atoms with van der Waals surface area (Å²) in [4.78, 5) is 29.1. The van der Waals surface area contributed by atoms with Crippen molar-refractivity contribution in [3.8, 4) is 0 Å². The number of rotatable bonds is 4. The molecule has 8 heteroatoms. The fourth-order valence-electron chi connectivity index (χ4n) is 4.24. The number of H-pyrrole nitrogens is 1. The highest BCUT2D eigenvalue weighted by Crippen LogP contribution is 2.32. The minimum Gasteiger partial charge on any atom is -0.339 e. The molecule has 3 heterocycles. The third kappa shape index (κ3) is 3.05. The van der Waals surface area contributed by atoms with E-state index in [1.807, 2.05) is 15.9 Å². The van der Waals surface area contributed by atoms with Gasteiger partial charge < -0.3 is 15.5 Å². The van der Waals surface area contributed by atoms with Gasteiger partial charge in [-0.15, -0.1) is 0 Å². The highest BCUT2D eigenvalue weighted by molar-refractivity contribution is 5.97. The molecule has 138 valence electrons. The number of hydrogen-bond donors (Lipinski definition) is 2. The second-order valence-electron chi connectivity index (χ2n) is 7.16. The van der Waals surface area contributed by atoms with Crippen LogP contribution >= 0.6 is 0 Å². The number of hydrogen-bond acceptors (Lipinski definition) is 5. The lowest BCUT2D eigenvalue weighted by Crippen LogP contribution is -2.57. The van der Waals surface area contributed by atoms with E-state index in [9.17, 15) is 9.59 Å². The molecule has 2 aliphatic rings. The second kappa shape index (κ2) is 7.03.